The van der Waals surface area contributed by atoms with Gasteiger partial charge in [-0.15, -0.1) is 5.10 Å². The van der Waals surface area contributed by atoms with Crippen LogP contribution in [-0.4, -0.2) is 40.3 Å². The minimum Gasteiger partial charge on any atom is -0.497 e. The van der Waals surface area contributed by atoms with Gasteiger partial charge in [0.25, 0.3) is 5.91 Å². The summed E-state index contributed by atoms with van der Waals surface area (Å²) in [7, 11) is 3.12. The molecule has 0 saturated carbocycles. The summed E-state index contributed by atoms with van der Waals surface area (Å²) >= 11 is 5.78. The number of H-pyrrole nitrogens is 1. The number of carbonyl (C=O) groups is 1. The van der Waals surface area contributed by atoms with Gasteiger partial charge in [-0.1, -0.05) is 11.6 Å². The quantitative estimate of drug-likeness (QED) is 0.679. The largest absolute Gasteiger partial charge is 0.497 e. The normalized spacial score (nSPS) is 10.4. The number of nitrogens with one attached hydrogen (secondary N) is 2. The average Bonchev–Trinajstić information content (AvgIpc) is 3.09. The summed E-state index contributed by atoms with van der Waals surface area (Å²) in [5.41, 5.74) is 1.04. The van der Waals surface area contributed by atoms with Gasteiger partial charge in [0.2, 0.25) is 5.95 Å². The monoisotopic (exact) mass is 359 g/mol. The molecule has 0 unspecified atom stereocenters. The van der Waals surface area contributed by atoms with E-state index in [1.165, 1.54) is 12.3 Å². The molecule has 0 atom stereocenters. The smallest absolute Gasteiger partial charge is 0.258 e. The molecule has 0 aliphatic heterocycles. The first kappa shape index (κ1) is 16.7. The van der Waals surface area contributed by atoms with E-state index in [0.717, 1.165) is 0 Å². The van der Waals surface area contributed by atoms with E-state index in [-0.39, 0.29) is 11.1 Å². The Hall–Kier alpha value is -3.13. The standard InChI is InChI=1S/C16H14ClN5O3/c1-24-10-3-4-11(12(8-10)25-2)14-19-16(22-21-14)20-15(23)9-5-6-18-13(17)7-9/h3-8H,1-2H3,(H2,19,20,21,22,23). The molecule has 9 heteroatoms. The molecule has 0 spiro atoms. The lowest BCUT2D eigenvalue weighted by atomic mass is 10.2. The van der Waals surface area contributed by atoms with Crippen LogP contribution in [-0.2, 0) is 0 Å². The van der Waals surface area contributed by atoms with Crippen LogP contribution in [0.2, 0.25) is 5.15 Å². The highest BCUT2D eigenvalue weighted by Crippen LogP contribution is 2.31. The Bertz CT molecular complexity index is 912. The molecule has 25 heavy (non-hydrogen) atoms. The van der Waals surface area contributed by atoms with Crippen LogP contribution in [0, 0.1) is 0 Å². The summed E-state index contributed by atoms with van der Waals surface area (Å²) in [6, 6.07) is 8.29. The van der Waals surface area contributed by atoms with E-state index in [0.29, 0.717) is 28.5 Å². The first-order chi connectivity index (χ1) is 12.1. The van der Waals surface area contributed by atoms with Crippen molar-refractivity contribution in [1.29, 1.82) is 0 Å². The van der Waals surface area contributed by atoms with Crippen LogP contribution in [0.25, 0.3) is 11.4 Å². The molecular formula is C16H14ClN5O3. The Morgan fingerprint density at radius 2 is 2.04 bits per heavy atom. The zero-order valence-electron chi connectivity index (χ0n) is 13.4. The second-order valence-corrected chi connectivity index (χ2v) is 5.28. The molecule has 3 aromatic rings. The van der Waals surface area contributed by atoms with E-state index in [4.69, 9.17) is 21.1 Å². The molecule has 2 aromatic heterocycles. The number of hydrogen-bond donors (Lipinski definition) is 2. The maximum atomic E-state index is 12.2. The second kappa shape index (κ2) is 7.18. The van der Waals surface area contributed by atoms with Gasteiger partial charge in [0, 0.05) is 17.8 Å². The lowest BCUT2D eigenvalue weighted by molar-refractivity contribution is 0.102. The van der Waals surface area contributed by atoms with Gasteiger partial charge in [0.15, 0.2) is 5.82 Å². The Balaban J connectivity index is 1.82. The molecule has 3 rings (SSSR count). The van der Waals surface area contributed by atoms with Gasteiger partial charge in [-0.05, 0) is 24.3 Å². The molecule has 1 aromatic carbocycles. The fourth-order valence-electron chi connectivity index (χ4n) is 2.15. The van der Waals surface area contributed by atoms with Gasteiger partial charge in [0.05, 0.1) is 19.8 Å². The minimum absolute atomic E-state index is 0.130. The number of halogens is 1. The first-order valence-electron chi connectivity index (χ1n) is 7.18. The molecule has 2 heterocycles. The number of aromatic nitrogens is 4. The maximum Gasteiger partial charge on any atom is 0.258 e. The summed E-state index contributed by atoms with van der Waals surface area (Å²) < 4.78 is 10.5. The average molecular weight is 360 g/mol. The van der Waals surface area contributed by atoms with Crippen molar-refractivity contribution in [1.82, 2.24) is 20.2 Å². The van der Waals surface area contributed by atoms with Crippen LogP contribution < -0.4 is 14.8 Å². The van der Waals surface area contributed by atoms with E-state index >= 15 is 0 Å². The summed E-state index contributed by atoms with van der Waals surface area (Å²) in [4.78, 5) is 20.3. The number of ether oxygens (including phenoxy) is 2. The van der Waals surface area contributed by atoms with Gasteiger partial charge in [0.1, 0.15) is 16.7 Å². The molecule has 128 valence electrons. The Labute approximate surface area is 148 Å². The van der Waals surface area contributed by atoms with E-state index in [9.17, 15) is 4.79 Å². The van der Waals surface area contributed by atoms with Gasteiger partial charge in [-0.2, -0.15) is 4.98 Å². The predicted octanol–water partition coefficient (Wildman–Crippen LogP) is 2.79. The molecule has 0 aliphatic carbocycles. The fourth-order valence-corrected chi connectivity index (χ4v) is 2.32. The Kier molecular flexibility index (Phi) is 4.80. The van der Waals surface area contributed by atoms with E-state index in [1.807, 2.05) is 0 Å². The third-order valence-electron chi connectivity index (χ3n) is 3.36. The van der Waals surface area contributed by atoms with Gasteiger partial charge in [-0.3, -0.25) is 15.2 Å². The molecule has 8 nitrogen and oxygen atoms in total. The number of benzene rings is 1. The van der Waals surface area contributed by atoms with Gasteiger partial charge < -0.3 is 9.47 Å². The lowest BCUT2D eigenvalue weighted by Crippen LogP contribution is -2.13. The van der Waals surface area contributed by atoms with Crippen LogP contribution in [0.1, 0.15) is 10.4 Å². The van der Waals surface area contributed by atoms with Crippen LogP contribution >= 0.6 is 11.6 Å². The topological polar surface area (TPSA) is 102 Å². The van der Waals surface area contributed by atoms with Crippen molar-refractivity contribution in [2.45, 2.75) is 0 Å². The summed E-state index contributed by atoms with van der Waals surface area (Å²) in [6.45, 7) is 0. The number of rotatable bonds is 5. The highest BCUT2D eigenvalue weighted by atomic mass is 35.5. The summed E-state index contributed by atoms with van der Waals surface area (Å²) in [5.74, 6) is 1.41. The lowest BCUT2D eigenvalue weighted by Gasteiger charge is -2.07. The molecular weight excluding hydrogens is 346 g/mol. The van der Waals surface area contributed by atoms with Crippen LogP contribution in [0.15, 0.2) is 36.5 Å². The number of methoxy groups -OCH3 is 2. The molecule has 0 radical (unpaired) electrons. The van der Waals surface area contributed by atoms with Crippen LogP contribution in [0.4, 0.5) is 5.95 Å². The van der Waals surface area contributed by atoms with E-state index in [2.05, 4.69) is 25.5 Å². The number of hydrogen-bond acceptors (Lipinski definition) is 6. The third kappa shape index (κ3) is 3.69. The first-order valence-corrected chi connectivity index (χ1v) is 7.56. The van der Waals surface area contributed by atoms with Crippen molar-refractivity contribution >= 4 is 23.5 Å². The van der Waals surface area contributed by atoms with Crippen molar-refractivity contribution in [3.63, 3.8) is 0 Å². The third-order valence-corrected chi connectivity index (χ3v) is 3.57. The van der Waals surface area contributed by atoms with Crippen molar-refractivity contribution in [2.75, 3.05) is 19.5 Å². The van der Waals surface area contributed by atoms with Gasteiger partial charge in [-0.25, -0.2) is 4.98 Å². The SMILES string of the molecule is COc1ccc(-c2nc(NC(=O)c3ccnc(Cl)c3)n[nH]2)c(OC)c1. The zero-order valence-corrected chi connectivity index (χ0v) is 14.2. The zero-order chi connectivity index (χ0) is 17.8. The Morgan fingerprint density at radius 3 is 2.76 bits per heavy atom. The highest BCUT2D eigenvalue weighted by Gasteiger charge is 2.14. The molecule has 0 fully saturated rings. The fraction of sp³-hybridized carbons (Fsp3) is 0.125. The maximum absolute atomic E-state index is 12.2. The van der Waals surface area contributed by atoms with E-state index in [1.54, 1.807) is 38.5 Å². The number of pyridine rings is 1. The van der Waals surface area contributed by atoms with E-state index < -0.39 is 5.91 Å². The molecule has 2 N–H and O–H groups in total. The van der Waals surface area contributed by atoms with Crippen molar-refractivity contribution in [2.24, 2.45) is 0 Å². The van der Waals surface area contributed by atoms with Crippen LogP contribution in [0.5, 0.6) is 11.5 Å². The number of anilines is 1. The number of nitrogens with zero attached hydrogens (tertiary/aromatic N) is 3. The van der Waals surface area contributed by atoms with Gasteiger partial charge >= 0.3 is 0 Å². The second-order valence-electron chi connectivity index (χ2n) is 4.90. The number of amides is 1. The Morgan fingerprint density at radius 1 is 1.20 bits per heavy atom. The van der Waals surface area contributed by atoms with Crippen molar-refractivity contribution in [3.05, 3.63) is 47.2 Å². The van der Waals surface area contributed by atoms with Crippen molar-refractivity contribution in [3.8, 4) is 22.9 Å². The van der Waals surface area contributed by atoms with Crippen LogP contribution in [0.3, 0.4) is 0 Å². The highest BCUT2D eigenvalue weighted by molar-refractivity contribution is 6.29. The van der Waals surface area contributed by atoms with Crippen molar-refractivity contribution < 1.29 is 14.3 Å². The summed E-state index contributed by atoms with van der Waals surface area (Å²) in [5, 5.41) is 9.58. The summed E-state index contributed by atoms with van der Waals surface area (Å²) in [6.07, 6.45) is 1.45. The molecule has 0 saturated heterocycles. The number of carbonyl (C=O) groups excluding carboxylic acids is 1. The molecule has 0 aliphatic rings. The predicted molar refractivity (Wildman–Crippen MR) is 92.1 cm³/mol. The molecule has 1 amide bonds. The minimum atomic E-state index is -0.392. The molecule has 0 bridgehead atoms. The number of aromatic amines is 1.